The Labute approximate surface area is 218 Å². The molecule has 5 rings (SSSR count). The van der Waals surface area contributed by atoms with Crippen molar-refractivity contribution in [3.05, 3.63) is 72.5 Å². The number of anilines is 1. The highest BCUT2D eigenvalue weighted by Gasteiger charge is 2.34. The van der Waals surface area contributed by atoms with Crippen molar-refractivity contribution in [2.75, 3.05) is 18.9 Å². The first-order chi connectivity index (χ1) is 18.2. The SMILES string of the molecule is COc1cccc(OC)c1-n1c(NS(=O)(=O)[C@@H](C)[C@H](O)c2ncn3ccccc23)nnc1-c1ccc(C)o1. The molecule has 2 N–H and O–H groups in total. The van der Waals surface area contributed by atoms with E-state index in [1.165, 1.54) is 32.0 Å². The van der Waals surface area contributed by atoms with Gasteiger partial charge in [0, 0.05) is 6.20 Å². The molecule has 5 aromatic rings. The van der Waals surface area contributed by atoms with E-state index in [0.717, 1.165) is 0 Å². The molecule has 12 nitrogen and oxygen atoms in total. The molecule has 0 amide bonds. The third-order valence-corrected chi connectivity index (χ3v) is 7.87. The van der Waals surface area contributed by atoms with Crippen LogP contribution in [0.2, 0.25) is 0 Å². The second-order valence-electron chi connectivity index (χ2n) is 8.52. The summed E-state index contributed by atoms with van der Waals surface area (Å²) in [7, 11) is -1.26. The molecule has 4 aromatic heterocycles. The predicted molar refractivity (Wildman–Crippen MR) is 139 cm³/mol. The predicted octanol–water partition coefficient (Wildman–Crippen LogP) is 3.36. The van der Waals surface area contributed by atoms with E-state index in [1.54, 1.807) is 60.0 Å². The molecule has 4 heterocycles. The highest BCUT2D eigenvalue weighted by Crippen LogP contribution is 2.38. The van der Waals surface area contributed by atoms with E-state index < -0.39 is 21.4 Å². The van der Waals surface area contributed by atoms with Gasteiger partial charge in [-0.3, -0.25) is 9.29 Å². The highest BCUT2D eigenvalue weighted by molar-refractivity contribution is 7.93. The standard InChI is InChI=1S/C25H26N6O6S/c1-15-11-12-20(37-15)24-27-28-25(31(24)22-18(35-3)9-7-10-19(22)36-4)29-38(33,34)16(2)23(32)21-17-8-5-6-13-30(17)14-26-21/h5-14,16,23,32H,1-4H3,(H,28,29)/t16-,23-/m0/s1. The van der Waals surface area contributed by atoms with Gasteiger partial charge in [-0.25, -0.2) is 13.4 Å². The lowest BCUT2D eigenvalue weighted by molar-refractivity contribution is 0.173. The fraction of sp³-hybridized carbons (Fsp3) is 0.240. The summed E-state index contributed by atoms with van der Waals surface area (Å²) >= 11 is 0. The average Bonchev–Trinajstić information content (AvgIpc) is 3.65. The largest absolute Gasteiger partial charge is 0.494 e. The number of para-hydroxylation sites is 1. The van der Waals surface area contributed by atoms with Crippen molar-refractivity contribution in [2.45, 2.75) is 25.2 Å². The summed E-state index contributed by atoms with van der Waals surface area (Å²) in [5.41, 5.74) is 1.19. The van der Waals surface area contributed by atoms with E-state index >= 15 is 0 Å². The maximum absolute atomic E-state index is 13.5. The molecular formula is C25H26N6O6S. The van der Waals surface area contributed by atoms with Crippen LogP contribution in [0.5, 0.6) is 11.5 Å². The molecule has 0 saturated heterocycles. The molecule has 2 atom stereocenters. The van der Waals surface area contributed by atoms with Gasteiger partial charge in [0.05, 0.1) is 31.8 Å². The van der Waals surface area contributed by atoms with Crippen LogP contribution in [0.15, 0.2) is 65.5 Å². The van der Waals surface area contributed by atoms with Crippen LogP contribution in [0.4, 0.5) is 5.95 Å². The summed E-state index contributed by atoms with van der Waals surface area (Å²) in [6, 6.07) is 13.9. The van der Waals surface area contributed by atoms with E-state index in [-0.39, 0.29) is 17.5 Å². The summed E-state index contributed by atoms with van der Waals surface area (Å²) in [5, 5.41) is 18.1. The van der Waals surface area contributed by atoms with Crippen LogP contribution in [0.1, 0.15) is 24.5 Å². The molecule has 0 bridgehead atoms. The van der Waals surface area contributed by atoms with Crippen LogP contribution < -0.4 is 14.2 Å². The molecule has 0 radical (unpaired) electrons. The van der Waals surface area contributed by atoms with Gasteiger partial charge in [-0.1, -0.05) is 12.1 Å². The number of hydrogen-bond acceptors (Lipinski definition) is 9. The Morgan fingerprint density at radius 1 is 1.03 bits per heavy atom. The summed E-state index contributed by atoms with van der Waals surface area (Å²) in [4.78, 5) is 4.24. The topological polar surface area (TPSA) is 146 Å². The van der Waals surface area contributed by atoms with Crippen molar-refractivity contribution in [2.24, 2.45) is 0 Å². The Morgan fingerprint density at radius 3 is 2.42 bits per heavy atom. The maximum Gasteiger partial charge on any atom is 0.243 e. The summed E-state index contributed by atoms with van der Waals surface area (Å²) in [6.45, 7) is 3.17. The minimum Gasteiger partial charge on any atom is -0.494 e. The van der Waals surface area contributed by atoms with Gasteiger partial charge in [0.25, 0.3) is 0 Å². The number of methoxy groups -OCH3 is 2. The Morgan fingerprint density at radius 2 is 1.76 bits per heavy atom. The number of hydrogen-bond donors (Lipinski definition) is 2. The lowest BCUT2D eigenvalue weighted by Crippen LogP contribution is -2.32. The monoisotopic (exact) mass is 538 g/mol. The van der Waals surface area contributed by atoms with Crippen molar-refractivity contribution in [3.8, 4) is 28.8 Å². The average molecular weight is 539 g/mol. The fourth-order valence-electron chi connectivity index (χ4n) is 4.13. The number of pyridine rings is 1. The Bertz CT molecular complexity index is 1680. The second-order valence-corrected chi connectivity index (χ2v) is 10.6. The van der Waals surface area contributed by atoms with Gasteiger partial charge in [-0.2, -0.15) is 0 Å². The number of nitrogens with zero attached hydrogens (tertiary/aromatic N) is 5. The molecule has 0 aliphatic rings. The number of rotatable bonds is 9. The minimum atomic E-state index is -4.23. The number of aromatic nitrogens is 5. The third kappa shape index (κ3) is 4.35. The number of aliphatic hydroxyl groups excluding tert-OH is 1. The number of aryl methyl sites for hydroxylation is 1. The van der Waals surface area contributed by atoms with Crippen LogP contribution in [-0.2, 0) is 10.0 Å². The van der Waals surface area contributed by atoms with E-state index in [0.29, 0.717) is 34.2 Å². The van der Waals surface area contributed by atoms with E-state index in [1.807, 2.05) is 6.07 Å². The Kier molecular flexibility index (Phi) is 6.55. The first kappa shape index (κ1) is 25.3. The van der Waals surface area contributed by atoms with Crippen molar-refractivity contribution in [1.29, 1.82) is 0 Å². The van der Waals surface area contributed by atoms with Gasteiger partial charge in [0.1, 0.15) is 34.3 Å². The molecule has 0 spiro atoms. The van der Waals surface area contributed by atoms with Crippen molar-refractivity contribution in [3.63, 3.8) is 0 Å². The Hall–Kier alpha value is -4.36. The fourth-order valence-corrected chi connectivity index (χ4v) is 5.17. The summed E-state index contributed by atoms with van der Waals surface area (Å²) in [5.74, 6) is 1.81. The van der Waals surface area contributed by atoms with Crippen molar-refractivity contribution < 1.29 is 27.4 Å². The first-order valence-corrected chi connectivity index (χ1v) is 13.1. The zero-order valence-corrected chi connectivity index (χ0v) is 21.9. The lowest BCUT2D eigenvalue weighted by atomic mass is 10.2. The molecule has 0 aliphatic heterocycles. The van der Waals surface area contributed by atoms with E-state index in [2.05, 4.69) is 19.9 Å². The van der Waals surface area contributed by atoms with Crippen molar-refractivity contribution >= 4 is 21.5 Å². The Balaban J connectivity index is 1.59. The van der Waals surface area contributed by atoms with Gasteiger partial charge < -0.3 is 23.4 Å². The molecule has 0 fully saturated rings. The number of nitrogens with one attached hydrogen (secondary N) is 1. The van der Waals surface area contributed by atoms with Gasteiger partial charge in [-0.15, -0.1) is 10.2 Å². The summed E-state index contributed by atoms with van der Waals surface area (Å²) in [6.07, 6.45) is 1.85. The molecule has 0 aliphatic carbocycles. The highest BCUT2D eigenvalue weighted by atomic mass is 32.2. The quantitative estimate of drug-likeness (QED) is 0.288. The van der Waals surface area contributed by atoms with Gasteiger partial charge >= 0.3 is 0 Å². The second kappa shape index (κ2) is 9.84. The molecule has 0 saturated carbocycles. The number of aliphatic hydroxyl groups is 1. The van der Waals surface area contributed by atoms with E-state index in [4.69, 9.17) is 13.9 Å². The maximum atomic E-state index is 13.5. The molecule has 198 valence electrons. The number of furan rings is 1. The summed E-state index contributed by atoms with van der Waals surface area (Å²) < 4.78 is 49.6. The number of sulfonamides is 1. The van der Waals surface area contributed by atoms with Crippen LogP contribution in [0, 0.1) is 6.92 Å². The molecule has 1 aromatic carbocycles. The van der Waals surface area contributed by atoms with Crippen molar-refractivity contribution in [1.82, 2.24) is 24.1 Å². The molecular weight excluding hydrogens is 512 g/mol. The number of ether oxygens (including phenoxy) is 2. The number of imidazole rings is 1. The first-order valence-electron chi connectivity index (χ1n) is 11.6. The zero-order valence-electron chi connectivity index (χ0n) is 21.1. The van der Waals surface area contributed by atoms with E-state index in [9.17, 15) is 13.5 Å². The third-order valence-electron chi connectivity index (χ3n) is 6.17. The van der Waals surface area contributed by atoms with Crippen LogP contribution in [-0.4, -0.2) is 57.1 Å². The lowest BCUT2D eigenvalue weighted by Gasteiger charge is -2.20. The smallest absolute Gasteiger partial charge is 0.243 e. The molecule has 0 unspecified atom stereocenters. The van der Waals surface area contributed by atoms with Crippen LogP contribution in [0.25, 0.3) is 22.8 Å². The minimum absolute atomic E-state index is 0.148. The number of benzene rings is 1. The molecule has 13 heteroatoms. The van der Waals surface area contributed by atoms with Crippen LogP contribution in [0.3, 0.4) is 0 Å². The van der Waals surface area contributed by atoms with Gasteiger partial charge in [0.2, 0.25) is 21.8 Å². The number of fused-ring (bicyclic) bond motifs is 1. The van der Waals surface area contributed by atoms with Crippen LogP contribution >= 0.6 is 0 Å². The normalized spacial score (nSPS) is 13.4. The van der Waals surface area contributed by atoms with Gasteiger partial charge in [0.15, 0.2) is 5.76 Å². The van der Waals surface area contributed by atoms with Gasteiger partial charge in [-0.05, 0) is 50.2 Å². The molecule has 38 heavy (non-hydrogen) atoms. The zero-order chi connectivity index (χ0) is 27.0.